The highest BCUT2D eigenvalue weighted by atomic mass is 16.5. The van der Waals surface area contributed by atoms with E-state index < -0.39 is 0 Å². The molecule has 2 aliphatic heterocycles. The van der Waals surface area contributed by atoms with Crippen LogP contribution in [0, 0.1) is 5.92 Å². The molecule has 2 heterocycles. The van der Waals surface area contributed by atoms with Gasteiger partial charge >= 0.3 is 0 Å². The molecule has 108 valence electrons. The third-order valence-electron chi connectivity index (χ3n) is 5.86. The maximum absolute atomic E-state index is 6.50. The number of piperazine rings is 1. The summed E-state index contributed by atoms with van der Waals surface area (Å²) in [4.78, 5) is 2.74. The lowest BCUT2D eigenvalue weighted by molar-refractivity contribution is -0.0541. The molecule has 4 rings (SSSR count). The van der Waals surface area contributed by atoms with Crippen molar-refractivity contribution in [2.45, 2.75) is 69.1 Å². The largest absolute Gasteiger partial charge is 0.370 e. The third-order valence-corrected chi connectivity index (χ3v) is 5.86. The minimum absolute atomic E-state index is 0.313. The number of hydrogen-bond donors (Lipinski definition) is 1. The lowest BCUT2D eigenvalue weighted by Crippen LogP contribution is -2.54. The normalized spacial score (nSPS) is 39.2. The van der Waals surface area contributed by atoms with Crippen LogP contribution in [-0.2, 0) is 4.74 Å². The molecule has 0 radical (unpaired) electrons. The van der Waals surface area contributed by atoms with Crippen molar-refractivity contribution in [3.63, 3.8) is 0 Å². The Kier molecular flexibility index (Phi) is 3.33. The second-order valence-corrected chi connectivity index (χ2v) is 7.27. The summed E-state index contributed by atoms with van der Waals surface area (Å²) in [6, 6.07) is 0.803. The van der Waals surface area contributed by atoms with Crippen LogP contribution in [0.3, 0.4) is 0 Å². The van der Waals surface area contributed by atoms with Crippen molar-refractivity contribution in [2.24, 2.45) is 5.92 Å². The SMILES string of the molecule is C1CCC2(C1)CCC(CN1CCNCC1C1CC1)O2. The van der Waals surface area contributed by atoms with E-state index in [9.17, 15) is 0 Å². The maximum atomic E-state index is 6.50. The zero-order chi connectivity index (χ0) is 12.7. The molecule has 0 aromatic carbocycles. The van der Waals surface area contributed by atoms with Crippen LogP contribution in [-0.4, -0.2) is 48.8 Å². The summed E-state index contributed by atoms with van der Waals surface area (Å²) >= 11 is 0. The minimum Gasteiger partial charge on any atom is -0.370 e. The van der Waals surface area contributed by atoms with Gasteiger partial charge in [-0.3, -0.25) is 4.90 Å². The second-order valence-electron chi connectivity index (χ2n) is 7.27. The molecule has 2 unspecified atom stereocenters. The van der Waals surface area contributed by atoms with Gasteiger partial charge in [0.1, 0.15) is 0 Å². The average molecular weight is 264 g/mol. The third kappa shape index (κ3) is 2.57. The smallest absolute Gasteiger partial charge is 0.0710 e. The van der Waals surface area contributed by atoms with Crippen molar-refractivity contribution in [1.29, 1.82) is 0 Å². The van der Waals surface area contributed by atoms with Crippen molar-refractivity contribution in [3.05, 3.63) is 0 Å². The summed E-state index contributed by atoms with van der Waals surface area (Å²) in [6.07, 6.45) is 11.5. The molecule has 4 aliphatic rings. The number of rotatable bonds is 3. The van der Waals surface area contributed by atoms with Crippen LogP contribution in [0.4, 0.5) is 0 Å². The van der Waals surface area contributed by atoms with E-state index in [0.717, 1.165) is 12.0 Å². The molecule has 2 atom stereocenters. The Hall–Kier alpha value is -0.120. The van der Waals surface area contributed by atoms with E-state index in [1.54, 1.807) is 0 Å². The van der Waals surface area contributed by atoms with Crippen molar-refractivity contribution in [2.75, 3.05) is 26.2 Å². The highest BCUT2D eigenvalue weighted by Gasteiger charge is 2.44. The van der Waals surface area contributed by atoms with Gasteiger partial charge in [0.2, 0.25) is 0 Å². The van der Waals surface area contributed by atoms with E-state index in [1.165, 1.54) is 77.5 Å². The summed E-state index contributed by atoms with van der Waals surface area (Å²) in [5, 5.41) is 3.58. The molecule has 0 bridgehead atoms. The minimum atomic E-state index is 0.313. The first-order valence-corrected chi connectivity index (χ1v) is 8.47. The fraction of sp³-hybridized carbons (Fsp3) is 1.00. The Morgan fingerprint density at radius 2 is 1.95 bits per heavy atom. The summed E-state index contributed by atoms with van der Waals surface area (Å²) in [7, 11) is 0. The molecule has 2 saturated heterocycles. The highest BCUT2D eigenvalue weighted by Crippen LogP contribution is 2.44. The van der Waals surface area contributed by atoms with Gasteiger partial charge in [0.05, 0.1) is 11.7 Å². The molecule has 0 aromatic heterocycles. The fourth-order valence-electron chi connectivity index (χ4n) is 4.61. The van der Waals surface area contributed by atoms with Gasteiger partial charge in [0.15, 0.2) is 0 Å². The van der Waals surface area contributed by atoms with E-state index in [-0.39, 0.29) is 0 Å². The zero-order valence-electron chi connectivity index (χ0n) is 12.1. The van der Waals surface area contributed by atoms with Crippen LogP contribution in [0.5, 0.6) is 0 Å². The monoisotopic (exact) mass is 264 g/mol. The van der Waals surface area contributed by atoms with Crippen LogP contribution in [0.1, 0.15) is 51.4 Å². The number of nitrogens with zero attached hydrogens (tertiary/aromatic N) is 1. The zero-order valence-corrected chi connectivity index (χ0v) is 12.1. The summed E-state index contributed by atoms with van der Waals surface area (Å²) in [5.74, 6) is 0.981. The van der Waals surface area contributed by atoms with Crippen LogP contribution < -0.4 is 5.32 Å². The molecule has 2 saturated carbocycles. The van der Waals surface area contributed by atoms with Crippen molar-refractivity contribution >= 4 is 0 Å². The topological polar surface area (TPSA) is 24.5 Å². The summed E-state index contributed by atoms with van der Waals surface area (Å²) in [6.45, 7) is 4.81. The van der Waals surface area contributed by atoms with Crippen LogP contribution >= 0.6 is 0 Å². The van der Waals surface area contributed by atoms with Crippen molar-refractivity contribution in [1.82, 2.24) is 10.2 Å². The first-order valence-electron chi connectivity index (χ1n) is 8.47. The number of ether oxygens (including phenoxy) is 1. The Balaban J connectivity index is 1.35. The van der Waals surface area contributed by atoms with Crippen LogP contribution in [0.25, 0.3) is 0 Å². The van der Waals surface area contributed by atoms with Gasteiger partial charge in [-0.05, 0) is 44.4 Å². The van der Waals surface area contributed by atoms with E-state index in [2.05, 4.69) is 10.2 Å². The summed E-state index contributed by atoms with van der Waals surface area (Å²) in [5.41, 5.74) is 0.313. The standard InChI is InChI=1S/C16H28N2O/c1-2-7-16(6-1)8-5-14(19-16)12-18-10-9-17-11-15(18)13-3-4-13/h13-15,17H,1-12H2. The van der Waals surface area contributed by atoms with E-state index in [0.29, 0.717) is 11.7 Å². The molecule has 3 nitrogen and oxygen atoms in total. The predicted molar refractivity (Wildman–Crippen MR) is 76.3 cm³/mol. The maximum Gasteiger partial charge on any atom is 0.0710 e. The Morgan fingerprint density at radius 3 is 2.74 bits per heavy atom. The Bertz CT molecular complexity index is 323. The van der Waals surface area contributed by atoms with Gasteiger partial charge in [-0.1, -0.05) is 12.8 Å². The number of hydrogen-bond acceptors (Lipinski definition) is 3. The molecule has 0 amide bonds. The molecular weight excluding hydrogens is 236 g/mol. The average Bonchev–Trinajstić information content (AvgIpc) is 3.06. The van der Waals surface area contributed by atoms with Crippen LogP contribution in [0.15, 0.2) is 0 Å². The quantitative estimate of drug-likeness (QED) is 0.845. The van der Waals surface area contributed by atoms with E-state index in [1.807, 2.05) is 0 Å². The highest BCUT2D eigenvalue weighted by molar-refractivity contribution is 4.96. The van der Waals surface area contributed by atoms with Gasteiger partial charge in [-0.15, -0.1) is 0 Å². The molecule has 0 aromatic rings. The lowest BCUT2D eigenvalue weighted by Gasteiger charge is -2.38. The molecule has 2 aliphatic carbocycles. The fourth-order valence-corrected chi connectivity index (χ4v) is 4.61. The Morgan fingerprint density at radius 1 is 1.11 bits per heavy atom. The Labute approximate surface area is 117 Å². The van der Waals surface area contributed by atoms with Crippen molar-refractivity contribution in [3.8, 4) is 0 Å². The first kappa shape index (κ1) is 12.6. The predicted octanol–water partition coefficient (Wildman–Crippen LogP) is 2.16. The summed E-state index contributed by atoms with van der Waals surface area (Å²) < 4.78 is 6.50. The van der Waals surface area contributed by atoms with E-state index in [4.69, 9.17) is 4.74 Å². The molecule has 4 fully saturated rings. The van der Waals surface area contributed by atoms with Gasteiger partial charge < -0.3 is 10.1 Å². The molecular formula is C16H28N2O. The first-order chi connectivity index (χ1) is 9.35. The van der Waals surface area contributed by atoms with Crippen LogP contribution in [0.2, 0.25) is 0 Å². The molecule has 3 heteroatoms. The van der Waals surface area contributed by atoms with Gasteiger partial charge in [0.25, 0.3) is 0 Å². The molecule has 19 heavy (non-hydrogen) atoms. The van der Waals surface area contributed by atoms with E-state index >= 15 is 0 Å². The molecule has 1 spiro atoms. The second kappa shape index (κ2) is 5.01. The lowest BCUT2D eigenvalue weighted by atomic mass is 9.98. The van der Waals surface area contributed by atoms with Gasteiger partial charge in [0, 0.05) is 32.2 Å². The number of nitrogens with one attached hydrogen (secondary N) is 1. The van der Waals surface area contributed by atoms with Gasteiger partial charge in [-0.2, -0.15) is 0 Å². The van der Waals surface area contributed by atoms with Crippen molar-refractivity contribution < 1.29 is 4.74 Å². The molecule has 1 N–H and O–H groups in total. The van der Waals surface area contributed by atoms with Gasteiger partial charge in [-0.25, -0.2) is 0 Å².